The lowest BCUT2D eigenvalue weighted by Crippen LogP contribution is -2.38. The van der Waals surface area contributed by atoms with Gasteiger partial charge in [-0.2, -0.15) is 0 Å². The van der Waals surface area contributed by atoms with Crippen molar-refractivity contribution in [2.24, 2.45) is 0 Å². The third-order valence-corrected chi connectivity index (χ3v) is 4.24. The predicted octanol–water partition coefficient (Wildman–Crippen LogP) is 2.96. The molecule has 1 fully saturated rings. The zero-order chi connectivity index (χ0) is 14.9. The number of aliphatic carboxylic acids is 1. The second-order valence-corrected chi connectivity index (χ2v) is 5.86. The van der Waals surface area contributed by atoms with Gasteiger partial charge in [-0.05, 0) is 25.0 Å². The highest BCUT2D eigenvalue weighted by Crippen LogP contribution is 2.53. The summed E-state index contributed by atoms with van der Waals surface area (Å²) in [5.41, 5.74) is -0.0154. The Balaban J connectivity index is 2.23. The van der Waals surface area contributed by atoms with Crippen LogP contribution in [-0.4, -0.2) is 35.5 Å². The van der Waals surface area contributed by atoms with E-state index >= 15 is 0 Å². The van der Waals surface area contributed by atoms with Gasteiger partial charge >= 0.3 is 5.97 Å². The Hall–Kier alpha value is -1.26. The number of hydrogen-bond donors (Lipinski definition) is 1. The van der Waals surface area contributed by atoms with Crippen LogP contribution in [0.25, 0.3) is 0 Å². The molecule has 1 aliphatic rings. The monoisotopic (exact) mass is 315 g/mol. The molecule has 0 unspecified atom stereocenters. The third kappa shape index (κ3) is 2.76. The lowest BCUT2D eigenvalue weighted by Gasteiger charge is -2.24. The maximum absolute atomic E-state index is 12.6. The van der Waals surface area contributed by atoms with Gasteiger partial charge in [0, 0.05) is 29.2 Å². The lowest BCUT2D eigenvalue weighted by molar-refractivity contribution is -0.138. The van der Waals surface area contributed by atoms with E-state index in [1.807, 2.05) is 0 Å². The molecule has 1 aliphatic carbocycles. The topological polar surface area (TPSA) is 57.6 Å². The van der Waals surface area contributed by atoms with Crippen LogP contribution in [0.3, 0.4) is 0 Å². The number of carbonyl (C=O) groups is 2. The Morgan fingerprint density at radius 3 is 2.30 bits per heavy atom. The number of carboxylic acid groups (broad SMARTS) is 1. The molecule has 4 nitrogen and oxygen atoms in total. The highest BCUT2D eigenvalue weighted by atomic mass is 35.5. The summed E-state index contributed by atoms with van der Waals surface area (Å²) in [6, 6.07) is 5.17. The minimum Gasteiger partial charge on any atom is -0.481 e. The fraction of sp³-hybridized carbons (Fsp3) is 0.429. The number of benzene rings is 1. The van der Waals surface area contributed by atoms with Crippen molar-refractivity contribution in [2.45, 2.75) is 24.7 Å². The number of carboxylic acids is 1. The van der Waals surface area contributed by atoms with Gasteiger partial charge in [-0.15, -0.1) is 0 Å². The fourth-order valence-electron chi connectivity index (χ4n) is 2.38. The second-order valence-electron chi connectivity index (χ2n) is 5.05. The maximum Gasteiger partial charge on any atom is 0.305 e. The molecule has 0 heterocycles. The highest BCUT2D eigenvalue weighted by molar-refractivity contribution is 6.36. The summed E-state index contributed by atoms with van der Waals surface area (Å²) in [6.45, 7) is 0.179. The van der Waals surface area contributed by atoms with E-state index in [4.69, 9.17) is 28.3 Å². The molecule has 0 atom stereocenters. The average molecular weight is 316 g/mol. The molecule has 2 rings (SSSR count). The Morgan fingerprint density at radius 1 is 1.30 bits per heavy atom. The van der Waals surface area contributed by atoms with E-state index in [0.29, 0.717) is 28.5 Å². The van der Waals surface area contributed by atoms with E-state index < -0.39 is 11.4 Å². The van der Waals surface area contributed by atoms with Crippen molar-refractivity contribution in [2.75, 3.05) is 13.6 Å². The molecule has 1 saturated carbocycles. The van der Waals surface area contributed by atoms with Crippen LogP contribution >= 0.6 is 23.2 Å². The van der Waals surface area contributed by atoms with Crippen molar-refractivity contribution in [3.63, 3.8) is 0 Å². The summed E-state index contributed by atoms with van der Waals surface area (Å²) in [7, 11) is 1.61. The molecular weight excluding hydrogens is 301 g/mol. The van der Waals surface area contributed by atoms with E-state index in [9.17, 15) is 9.59 Å². The van der Waals surface area contributed by atoms with Crippen LogP contribution < -0.4 is 0 Å². The lowest BCUT2D eigenvalue weighted by atomic mass is 9.94. The van der Waals surface area contributed by atoms with Crippen LogP contribution in [-0.2, 0) is 15.0 Å². The van der Waals surface area contributed by atoms with Crippen molar-refractivity contribution in [1.82, 2.24) is 4.90 Å². The molecule has 20 heavy (non-hydrogen) atoms. The number of nitrogens with zero attached hydrogens (tertiary/aromatic N) is 1. The van der Waals surface area contributed by atoms with Crippen molar-refractivity contribution in [1.29, 1.82) is 0 Å². The molecule has 0 bridgehead atoms. The quantitative estimate of drug-likeness (QED) is 0.908. The van der Waals surface area contributed by atoms with E-state index in [2.05, 4.69) is 0 Å². The summed E-state index contributed by atoms with van der Waals surface area (Å²) < 4.78 is 0. The maximum atomic E-state index is 12.6. The number of likely N-dealkylation sites (N-methyl/N-ethyl adjacent to an activating group) is 1. The Kier molecular flexibility index (Phi) is 4.25. The normalized spacial score (nSPS) is 15.8. The van der Waals surface area contributed by atoms with E-state index in [-0.39, 0.29) is 18.9 Å². The average Bonchev–Trinajstić information content (AvgIpc) is 3.16. The Morgan fingerprint density at radius 2 is 1.85 bits per heavy atom. The van der Waals surface area contributed by atoms with Crippen molar-refractivity contribution in [3.8, 4) is 0 Å². The van der Waals surface area contributed by atoms with Crippen molar-refractivity contribution >= 4 is 35.1 Å². The van der Waals surface area contributed by atoms with Crippen molar-refractivity contribution < 1.29 is 14.7 Å². The van der Waals surface area contributed by atoms with Crippen LogP contribution in [0.4, 0.5) is 0 Å². The number of hydrogen-bond acceptors (Lipinski definition) is 2. The minimum absolute atomic E-state index is 0.0748. The standard InChI is InChI=1S/C14H15Cl2NO3/c1-17(8-5-11(18)19)13(20)14(6-7-14)12-9(15)3-2-4-10(12)16/h2-4H,5-8H2,1H3,(H,18,19). The number of rotatable bonds is 5. The molecule has 0 aliphatic heterocycles. The van der Waals surface area contributed by atoms with Gasteiger partial charge in [0.1, 0.15) is 0 Å². The second kappa shape index (κ2) is 5.62. The first-order valence-electron chi connectivity index (χ1n) is 6.30. The summed E-state index contributed by atoms with van der Waals surface area (Å²) in [5.74, 6) is -1.04. The minimum atomic E-state index is -0.926. The summed E-state index contributed by atoms with van der Waals surface area (Å²) >= 11 is 12.4. The molecule has 1 aromatic carbocycles. The molecule has 0 radical (unpaired) electrons. The van der Waals surface area contributed by atoms with Crippen LogP contribution in [0.2, 0.25) is 10.0 Å². The molecule has 1 N–H and O–H groups in total. The molecule has 6 heteroatoms. The fourth-order valence-corrected chi connectivity index (χ4v) is 3.14. The number of halogens is 2. The molecule has 0 saturated heterocycles. The zero-order valence-electron chi connectivity index (χ0n) is 11.0. The summed E-state index contributed by atoms with van der Waals surface area (Å²) in [4.78, 5) is 24.6. The summed E-state index contributed by atoms with van der Waals surface area (Å²) in [6.07, 6.45) is 1.30. The predicted molar refractivity (Wildman–Crippen MR) is 77.3 cm³/mol. The van der Waals surface area contributed by atoms with Gasteiger partial charge in [0.25, 0.3) is 0 Å². The van der Waals surface area contributed by atoms with Crippen LogP contribution in [0.15, 0.2) is 18.2 Å². The van der Waals surface area contributed by atoms with Gasteiger partial charge in [0.2, 0.25) is 5.91 Å². The molecule has 0 aromatic heterocycles. The smallest absolute Gasteiger partial charge is 0.305 e. The Labute approximate surface area is 127 Å². The van der Waals surface area contributed by atoms with Gasteiger partial charge in [-0.25, -0.2) is 0 Å². The molecular formula is C14H15Cl2NO3. The van der Waals surface area contributed by atoms with Gasteiger partial charge in [0.15, 0.2) is 0 Å². The van der Waals surface area contributed by atoms with Crippen LogP contribution in [0, 0.1) is 0 Å². The Bertz CT molecular complexity index is 535. The third-order valence-electron chi connectivity index (χ3n) is 3.61. The van der Waals surface area contributed by atoms with Gasteiger partial charge in [-0.3, -0.25) is 9.59 Å². The van der Waals surface area contributed by atoms with Gasteiger partial charge in [-0.1, -0.05) is 29.3 Å². The van der Waals surface area contributed by atoms with Gasteiger partial charge in [0.05, 0.1) is 11.8 Å². The first-order valence-corrected chi connectivity index (χ1v) is 7.06. The van der Waals surface area contributed by atoms with E-state index in [1.54, 1.807) is 25.2 Å². The van der Waals surface area contributed by atoms with Crippen LogP contribution in [0.5, 0.6) is 0 Å². The zero-order valence-corrected chi connectivity index (χ0v) is 12.5. The molecule has 0 spiro atoms. The number of amides is 1. The first-order chi connectivity index (χ1) is 9.38. The van der Waals surface area contributed by atoms with E-state index in [0.717, 1.165) is 0 Å². The van der Waals surface area contributed by atoms with Gasteiger partial charge < -0.3 is 10.0 Å². The molecule has 1 amide bonds. The molecule has 108 valence electrons. The van der Waals surface area contributed by atoms with E-state index in [1.165, 1.54) is 4.90 Å². The first kappa shape index (κ1) is 15.1. The largest absolute Gasteiger partial charge is 0.481 e. The van der Waals surface area contributed by atoms with Crippen LogP contribution in [0.1, 0.15) is 24.8 Å². The summed E-state index contributed by atoms with van der Waals surface area (Å²) in [5, 5.41) is 9.65. The molecule has 1 aromatic rings. The van der Waals surface area contributed by atoms with Crippen molar-refractivity contribution in [3.05, 3.63) is 33.8 Å². The number of carbonyl (C=O) groups excluding carboxylic acids is 1. The highest BCUT2D eigenvalue weighted by Gasteiger charge is 2.54. The SMILES string of the molecule is CN(CCC(=O)O)C(=O)C1(c2c(Cl)cccc2Cl)CC1.